The van der Waals surface area contributed by atoms with E-state index < -0.39 is 22.5 Å². The van der Waals surface area contributed by atoms with Gasteiger partial charge in [0.1, 0.15) is 23.7 Å². The van der Waals surface area contributed by atoms with Gasteiger partial charge in [0.05, 0.1) is 31.2 Å². The molecule has 0 aliphatic carbocycles. The molecule has 0 unspecified atom stereocenters. The first-order valence-electron chi connectivity index (χ1n) is 13.2. The largest absolute Gasteiger partial charge is 0.502 e. The van der Waals surface area contributed by atoms with Gasteiger partial charge in [-0.2, -0.15) is 0 Å². The molecule has 0 saturated heterocycles. The van der Waals surface area contributed by atoms with Gasteiger partial charge in [-0.25, -0.2) is 0 Å². The van der Waals surface area contributed by atoms with Gasteiger partial charge in [-0.15, -0.1) is 0 Å². The Kier molecular flexibility index (Phi) is 6.84. The summed E-state index contributed by atoms with van der Waals surface area (Å²) in [7, 11) is 2.92. The molecule has 4 heterocycles. The van der Waals surface area contributed by atoms with E-state index in [1.807, 2.05) is 18.2 Å². The van der Waals surface area contributed by atoms with Crippen LogP contribution in [-0.4, -0.2) is 41.7 Å². The van der Waals surface area contributed by atoms with Gasteiger partial charge in [-0.05, 0) is 36.2 Å². The highest BCUT2D eigenvalue weighted by Crippen LogP contribution is 2.35. The molecule has 1 aliphatic heterocycles. The van der Waals surface area contributed by atoms with Gasteiger partial charge in [0, 0.05) is 48.3 Å². The van der Waals surface area contributed by atoms with E-state index >= 15 is 0 Å². The van der Waals surface area contributed by atoms with Crippen molar-refractivity contribution in [3.63, 3.8) is 0 Å². The van der Waals surface area contributed by atoms with Gasteiger partial charge >= 0.3 is 0 Å². The smallest absolute Gasteiger partial charge is 0.227 e. The predicted molar refractivity (Wildman–Crippen MR) is 150 cm³/mol. The van der Waals surface area contributed by atoms with Crippen LogP contribution in [0.2, 0.25) is 0 Å². The van der Waals surface area contributed by atoms with Gasteiger partial charge in [-0.1, -0.05) is 18.2 Å². The highest BCUT2D eigenvalue weighted by molar-refractivity contribution is 5.86. The summed E-state index contributed by atoms with van der Waals surface area (Å²) in [6.45, 7) is 0.796. The number of methoxy groups -OCH3 is 2. The number of carbonyl (C=O) groups excluding carboxylic acids is 1. The van der Waals surface area contributed by atoms with Crippen LogP contribution in [0.25, 0.3) is 21.9 Å². The fourth-order valence-electron chi connectivity index (χ4n) is 5.55. The summed E-state index contributed by atoms with van der Waals surface area (Å²) >= 11 is 0. The molecule has 0 spiro atoms. The van der Waals surface area contributed by atoms with Crippen molar-refractivity contribution in [2.75, 3.05) is 20.8 Å². The zero-order valence-electron chi connectivity index (χ0n) is 22.6. The van der Waals surface area contributed by atoms with Crippen LogP contribution < -0.4 is 15.6 Å². The molecule has 0 saturated carbocycles. The van der Waals surface area contributed by atoms with E-state index in [-0.39, 0.29) is 41.4 Å². The molecule has 1 amide bonds. The molecular formula is C31H28N2O8. The molecular weight excluding hydrogens is 528 g/mol. The van der Waals surface area contributed by atoms with E-state index in [9.17, 15) is 19.5 Å². The number of ether oxygens (including phenoxy) is 2. The van der Waals surface area contributed by atoms with E-state index in [1.165, 1.54) is 26.0 Å². The molecule has 3 aromatic heterocycles. The molecule has 0 radical (unpaired) electrons. The first-order chi connectivity index (χ1) is 19.9. The van der Waals surface area contributed by atoms with Crippen molar-refractivity contribution in [3.8, 4) is 11.5 Å². The van der Waals surface area contributed by atoms with Crippen molar-refractivity contribution in [1.29, 1.82) is 0 Å². The van der Waals surface area contributed by atoms with Crippen LogP contribution in [-0.2, 0) is 29.1 Å². The number of nitrogens with one attached hydrogen (secondary N) is 1. The molecule has 2 N–H and O–H groups in total. The van der Waals surface area contributed by atoms with Gasteiger partial charge < -0.3 is 33.3 Å². The second-order valence-electron chi connectivity index (χ2n) is 10.1. The SMILES string of the molecule is COCc1cc(=O)c(O)c([C@@H](CC(=O)N2CCc3c([nH]c4ccccc34)C2)c2coc3ccc(OC)cc3c2=O)o1. The Morgan fingerprint density at radius 3 is 2.76 bits per heavy atom. The number of H-pyrrole nitrogens is 1. The number of hydrogen-bond donors (Lipinski definition) is 2. The number of fused-ring (bicyclic) bond motifs is 4. The maximum Gasteiger partial charge on any atom is 0.227 e. The summed E-state index contributed by atoms with van der Waals surface area (Å²) < 4.78 is 22.0. The normalized spacial score (nSPS) is 13.9. The lowest BCUT2D eigenvalue weighted by Crippen LogP contribution is -2.37. The summed E-state index contributed by atoms with van der Waals surface area (Å²) in [6, 6.07) is 14.0. The molecule has 0 fully saturated rings. The Balaban J connectivity index is 1.42. The number of aromatic amines is 1. The topological polar surface area (TPSA) is 135 Å². The third kappa shape index (κ3) is 4.76. The Morgan fingerprint density at radius 1 is 1.12 bits per heavy atom. The summed E-state index contributed by atoms with van der Waals surface area (Å²) in [4.78, 5) is 45.4. The Labute approximate surface area is 233 Å². The molecule has 210 valence electrons. The number of amides is 1. The molecule has 5 aromatic rings. The van der Waals surface area contributed by atoms with Crippen molar-refractivity contribution in [2.45, 2.75) is 31.9 Å². The van der Waals surface area contributed by atoms with Crippen LogP contribution >= 0.6 is 0 Å². The highest BCUT2D eigenvalue weighted by atomic mass is 16.5. The summed E-state index contributed by atoms with van der Waals surface area (Å²) in [5.41, 5.74) is 2.40. The second kappa shape index (κ2) is 10.6. The molecule has 41 heavy (non-hydrogen) atoms. The molecule has 6 rings (SSSR count). The van der Waals surface area contributed by atoms with Gasteiger partial charge in [0.15, 0.2) is 11.2 Å². The maximum atomic E-state index is 13.8. The maximum absolute atomic E-state index is 13.8. The lowest BCUT2D eigenvalue weighted by Gasteiger charge is -2.28. The van der Waals surface area contributed by atoms with Crippen LogP contribution in [0.15, 0.2) is 73.2 Å². The molecule has 10 nitrogen and oxygen atoms in total. The fraction of sp³-hybridized carbons (Fsp3) is 0.258. The van der Waals surface area contributed by atoms with E-state index in [2.05, 4.69) is 11.1 Å². The van der Waals surface area contributed by atoms with Crippen molar-refractivity contribution in [3.05, 3.63) is 104 Å². The zero-order chi connectivity index (χ0) is 28.7. The molecule has 10 heteroatoms. The first kappa shape index (κ1) is 26.4. The van der Waals surface area contributed by atoms with Crippen LogP contribution in [0, 0.1) is 0 Å². The monoisotopic (exact) mass is 556 g/mol. The first-order valence-corrected chi connectivity index (χ1v) is 13.2. The van der Waals surface area contributed by atoms with Crippen molar-refractivity contribution in [2.24, 2.45) is 0 Å². The zero-order valence-corrected chi connectivity index (χ0v) is 22.6. The standard InChI is InChI=1S/C31H28N2O8/c1-38-15-18-12-26(34)30(37)31(41-18)21(23-16-40-27-8-7-17(39-2)11-22(27)29(23)36)13-28(35)33-10-9-20-19-5-3-4-6-24(19)32-25(20)14-33/h3-8,11-12,16,21,32,37H,9-10,13-15H2,1-2H3/t21-/m0/s1. The number of nitrogens with zero attached hydrogens (tertiary/aromatic N) is 1. The lowest BCUT2D eigenvalue weighted by atomic mass is 9.91. The van der Waals surface area contributed by atoms with E-state index in [4.69, 9.17) is 18.3 Å². The fourth-order valence-corrected chi connectivity index (χ4v) is 5.55. The van der Waals surface area contributed by atoms with E-state index in [1.54, 1.807) is 23.1 Å². The number of aromatic nitrogens is 1. The number of para-hydroxylation sites is 1. The van der Waals surface area contributed by atoms with Gasteiger partial charge in [-0.3, -0.25) is 14.4 Å². The minimum Gasteiger partial charge on any atom is -0.502 e. The van der Waals surface area contributed by atoms with Gasteiger partial charge in [0.25, 0.3) is 0 Å². The average molecular weight is 557 g/mol. The predicted octanol–water partition coefficient (Wildman–Crippen LogP) is 4.20. The molecule has 0 bridgehead atoms. The Morgan fingerprint density at radius 2 is 1.95 bits per heavy atom. The quantitative estimate of drug-likeness (QED) is 0.305. The number of rotatable bonds is 7. The van der Waals surface area contributed by atoms with Crippen LogP contribution in [0.5, 0.6) is 11.5 Å². The number of hydrogen-bond acceptors (Lipinski definition) is 8. The minimum atomic E-state index is -1.11. The average Bonchev–Trinajstić information content (AvgIpc) is 3.36. The number of aromatic hydroxyl groups is 1. The van der Waals surface area contributed by atoms with E-state index in [0.29, 0.717) is 30.8 Å². The van der Waals surface area contributed by atoms with Crippen molar-refractivity contribution >= 4 is 27.8 Å². The third-order valence-electron chi connectivity index (χ3n) is 7.60. The molecule has 1 aliphatic rings. The summed E-state index contributed by atoms with van der Waals surface area (Å²) in [6.07, 6.45) is 1.67. The lowest BCUT2D eigenvalue weighted by molar-refractivity contribution is -0.132. The van der Waals surface area contributed by atoms with Crippen molar-refractivity contribution in [1.82, 2.24) is 9.88 Å². The minimum absolute atomic E-state index is 0.0397. The van der Waals surface area contributed by atoms with Crippen LogP contribution in [0.1, 0.15) is 40.7 Å². The van der Waals surface area contributed by atoms with Crippen LogP contribution in [0.3, 0.4) is 0 Å². The summed E-state index contributed by atoms with van der Waals surface area (Å²) in [5.74, 6) is -1.66. The van der Waals surface area contributed by atoms with Crippen LogP contribution in [0.4, 0.5) is 0 Å². The second-order valence-corrected chi connectivity index (χ2v) is 10.1. The number of benzene rings is 2. The van der Waals surface area contributed by atoms with Crippen molar-refractivity contribution < 1.29 is 28.2 Å². The number of carbonyl (C=O) groups is 1. The Bertz CT molecular complexity index is 1900. The Hall–Kier alpha value is -4.83. The summed E-state index contributed by atoms with van der Waals surface area (Å²) in [5, 5.41) is 12.2. The third-order valence-corrected chi connectivity index (χ3v) is 7.60. The van der Waals surface area contributed by atoms with Gasteiger partial charge in [0.2, 0.25) is 17.1 Å². The highest BCUT2D eigenvalue weighted by Gasteiger charge is 2.32. The molecule has 2 aromatic carbocycles. The van der Waals surface area contributed by atoms with E-state index in [0.717, 1.165) is 22.7 Å². The molecule has 1 atom stereocenters.